The highest BCUT2D eigenvalue weighted by molar-refractivity contribution is 5.74. The van der Waals surface area contributed by atoms with Crippen LogP contribution in [0.2, 0.25) is 0 Å². The second-order valence-corrected chi connectivity index (χ2v) is 3.94. The van der Waals surface area contributed by atoms with Crippen LogP contribution in [-0.4, -0.2) is 36.7 Å². The largest absolute Gasteiger partial charge is 0.405 e. The number of nitrogens with zero attached hydrogens (tertiary/aromatic N) is 1. The molecule has 0 atom stereocenters. The van der Waals surface area contributed by atoms with Crippen molar-refractivity contribution in [2.75, 3.05) is 19.6 Å². The Morgan fingerprint density at radius 1 is 1.35 bits per heavy atom. The van der Waals surface area contributed by atoms with Crippen LogP contribution in [-0.2, 0) is 0 Å². The highest BCUT2D eigenvalue weighted by Gasteiger charge is 2.29. The number of alkyl halides is 3. The van der Waals surface area contributed by atoms with E-state index in [9.17, 15) is 18.0 Å². The number of hydrogen-bond acceptors (Lipinski definition) is 1. The van der Waals surface area contributed by atoms with Crippen molar-refractivity contribution >= 4 is 6.03 Å². The fourth-order valence-electron chi connectivity index (χ4n) is 1.50. The smallest absolute Gasteiger partial charge is 0.329 e. The maximum absolute atomic E-state index is 11.8. The molecule has 1 fully saturated rings. The number of hydrogen-bond donors (Lipinski definition) is 1. The lowest BCUT2D eigenvalue weighted by molar-refractivity contribution is -0.123. The molecule has 0 unspecified atom stereocenters. The van der Waals surface area contributed by atoms with Gasteiger partial charge in [-0.2, -0.15) is 13.2 Å². The SMILES string of the molecule is CC.CC1CCN(C(=O)NCC(F)(F)F)CC1.[HH]. The Kier molecular flexibility index (Phi) is 6.99. The lowest BCUT2D eigenvalue weighted by Gasteiger charge is -2.30. The fourth-order valence-corrected chi connectivity index (χ4v) is 1.50. The van der Waals surface area contributed by atoms with Crippen LogP contribution in [0.25, 0.3) is 0 Å². The molecule has 1 aliphatic rings. The molecule has 0 aromatic rings. The highest BCUT2D eigenvalue weighted by atomic mass is 19.4. The summed E-state index contributed by atoms with van der Waals surface area (Å²) in [7, 11) is 0. The molecule has 2 amide bonds. The van der Waals surface area contributed by atoms with Crippen LogP contribution < -0.4 is 5.32 Å². The number of rotatable bonds is 1. The molecule has 0 radical (unpaired) electrons. The molecule has 0 saturated carbocycles. The summed E-state index contributed by atoms with van der Waals surface area (Å²) in [5.41, 5.74) is 0. The molecule has 0 aromatic heterocycles. The van der Waals surface area contributed by atoms with E-state index < -0.39 is 18.8 Å². The van der Waals surface area contributed by atoms with E-state index in [0.717, 1.165) is 12.8 Å². The van der Waals surface area contributed by atoms with Gasteiger partial charge >= 0.3 is 12.2 Å². The third kappa shape index (κ3) is 7.07. The van der Waals surface area contributed by atoms with Crippen LogP contribution >= 0.6 is 0 Å². The van der Waals surface area contributed by atoms with Gasteiger partial charge < -0.3 is 10.2 Å². The van der Waals surface area contributed by atoms with E-state index in [2.05, 4.69) is 6.92 Å². The summed E-state index contributed by atoms with van der Waals surface area (Å²) in [5.74, 6) is 0.552. The van der Waals surface area contributed by atoms with Crippen LogP contribution in [0.4, 0.5) is 18.0 Å². The number of carbonyl (C=O) groups is 1. The summed E-state index contributed by atoms with van der Waals surface area (Å²) < 4.78 is 35.4. The van der Waals surface area contributed by atoms with Gasteiger partial charge in [-0.3, -0.25) is 0 Å². The van der Waals surface area contributed by atoms with Crippen LogP contribution in [0.1, 0.15) is 35.0 Å². The van der Waals surface area contributed by atoms with Crippen LogP contribution in [0, 0.1) is 5.92 Å². The molecule has 1 N–H and O–H groups in total. The molecule has 1 aliphatic heterocycles. The third-order valence-corrected chi connectivity index (χ3v) is 2.51. The van der Waals surface area contributed by atoms with Crippen LogP contribution in [0.5, 0.6) is 0 Å². The van der Waals surface area contributed by atoms with Crippen molar-refractivity contribution in [2.45, 2.75) is 39.8 Å². The first kappa shape index (κ1) is 16.1. The van der Waals surface area contributed by atoms with Gasteiger partial charge in [0.25, 0.3) is 0 Å². The number of nitrogens with one attached hydrogen (secondary N) is 1. The van der Waals surface area contributed by atoms with Crippen molar-refractivity contribution in [1.82, 2.24) is 10.2 Å². The summed E-state index contributed by atoms with van der Waals surface area (Å²) in [6.45, 7) is 5.92. The van der Waals surface area contributed by atoms with E-state index in [1.54, 1.807) is 0 Å². The Morgan fingerprint density at radius 2 is 1.82 bits per heavy atom. The lowest BCUT2D eigenvalue weighted by atomic mass is 10.00. The fraction of sp³-hybridized carbons (Fsp3) is 0.909. The average Bonchev–Trinajstić information content (AvgIpc) is 2.29. The summed E-state index contributed by atoms with van der Waals surface area (Å²) in [5, 5.41) is 1.87. The number of urea groups is 1. The molecule has 3 nitrogen and oxygen atoms in total. The van der Waals surface area contributed by atoms with Gasteiger partial charge in [-0.05, 0) is 18.8 Å². The minimum absolute atomic E-state index is 0. The van der Waals surface area contributed by atoms with E-state index >= 15 is 0 Å². The van der Waals surface area contributed by atoms with Gasteiger partial charge in [-0.1, -0.05) is 20.8 Å². The first-order chi connectivity index (χ1) is 7.88. The summed E-state index contributed by atoms with van der Waals surface area (Å²) >= 11 is 0. The molecule has 1 heterocycles. The zero-order valence-corrected chi connectivity index (χ0v) is 10.6. The Morgan fingerprint density at radius 3 is 2.24 bits per heavy atom. The van der Waals surface area contributed by atoms with Crippen molar-refractivity contribution in [3.05, 3.63) is 0 Å². The molecule has 0 aromatic carbocycles. The van der Waals surface area contributed by atoms with E-state index in [4.69, 9.17) is 0 Å². The predicted molar refractivity (Wildman–Crippen MR) is 62.9 cm³/mol. The molecule has 6 heteroatoms. The Hall–Kier alpha value is -0.940. The van der Waals surface area contributed by atoms with Crippen LogP contribution in [0.3, 0.4) is 0 Å². The van der Waals surface area contributed by atoms with Gasteiger partial charge in [0.05, 0.1) is 0 Å². The van der Waals surface area contributed by atoms with Crippen molar-refractivity contribution < 1.29 is 19.4 Å². The number of likely N-dealkylation sites (tertiary alicyclic amines) is 1. The van der Waals surface area contributed by atoms with E-state index in [1.807, 2.05) is 19.2 Å². The molecule has 17 heavy (non-hydrogen) atoms. The minimum Gasteiger partial charge on any atom is -0.329 e. The molecular weight excluding hydrogens is 233 g/mol. The minimum atomic E-state index is -4.33. The summed E-state index contributed by atoms with van der Waals surface area (Å²) in [6.07, 6.45) is -2.61. The van der Waals surface area contributed by atoms with Crippen molar-refractivity contribution in [3.63, 3.8) is 0 Å². The van der Waals surface area contributed by atoms with Gasteiger partial charge in [0.15, 0.2) is 0 Å². The normalized spacial score (nSPS) is 17.2. The zero-order chi connectivity index (χ0) is 13.5. The Balaban J connectivity index is 0. The molecular formula is C11H23F3N2O. The van der Waals surface area contributed by atoms with Gasteiger partial charge in [0, 0.05) is 14.5 Å². The zero-order valence-electron chi connectivity index (χ0n) is 10.6. The van der Waals surface area contributed by atoms with Gasteiger partial charge in [0.2, 0.25) is 0 Å². The number of piperidine rings is 1. The number of halogens is 3. The molecule has 1 saturated heterocycles. The van der Waals surface area contributed by atoms with E-state index in [1.165, 1.54) is 4.90 Å². The first-order valence-corrected chi connectivity index (χ1v) is 5.98. The maximum atomic E-state index is 11.8. The summed E-state index contributed by atoms with van der Waals surface area (Å²) in [6, 6.07) is -0.612. The molecule has 0 aliphatic carbocycles. The number of carbonyl (C=O) groups excluding carboxylic acids is 1. The average molecular weight is 256 g/mol. The quantitative estimate of drug-likeness (QED) is 0.767. The molecule has 0 bridgehead atoms. The maximum Gasteiger partial charge on any atom is 0.405 e. The first-order valence-electron chi connectivity index (χ1n) is 5.98. The highest BCUT2D eigenvalue weighted by Crippen LogP contribution is 2.16. The van der Waals surface area contributed by atoms with E-state index in [0.29, 0.717) is 19.0 Å². The predicted octanol–water partition coefficient (Wildman–Crippen LogP) is 3.26. The van der Waals surface area contributed by atoms with Gasteiger partial charge in [-0.15, -0.1) is 0 Å². The monoisotopic (exact) mass is 256 g/mol. The van der Waals surface area contributed by atoms with Crippen LogP contribution in [0.15, 0.2) is 0 Å². The van der Waals surface area contributed by atoms with E-state index in [-0.39, 0.29) is 1.43 Å². The Bertz CT molecular complexity index is 229. The van der Waals surface area contributed by atoms with Crippen molar-refractivity contribution in [2.24, 2.45) is 5.92 Å². The molecule has 104 valence electrons. The Labute approximate surface area is 102 Å². The molecule has 1 rings (SSSR count). The third-order valence-electron chi connectivity index (χ3n) is 2.51. The standard InChI is InChI=1S/C9H15F3N2O.C2H6.H2/c1-7-2-4-14(5-3-7)8(15)13-6-9(10,11)12;1-2;/h7H,2-6H2,1H3,(H,13,15);1-2H3;1H. The van der Waals surface area contributed by atoms with Crippen molar-refractivity contribution in [3.8, 4) is 0 Å². The molecule has 0 spiro atoms. The second-order valence-electron chi connectivity index (χ2n) is 3.94. The second kappa shape index (κ2) is 7.40. The summed E-state index contributed by atoms with van der Waals surface area (Å²) in [4.78, 5) is 12.7. The van der Waals surface area contributed by atoms with Gasteiger partial charge in [0.1, 0.15) is 6.54 Å². The van der Waals surface area contributed by atoms with Gasteiger partial charge in [-0.25, -0.2) is 4.79 Å². The lowest BCUT2D eigenvalue weighted by Crippen LogP contribution is -2.46. The topological polar surface area (TPSA) is 32.3 Å². The van der Waals surface area contributed by atoms with Crippen molar-refractivity contribution in [1.29, 1.82) is 0 Å². The number of amides is 2.